The van der Waals surface area contributed by atoms with Crippen LogP contribution in [0.15, 0.2) is 91.0 Å². The summed E-state index contributed by atoms with van der Waals surface area (Å²) in [4.78, 5) is 130. The van der Waals surface area contributed by atoms with Crippen molar-refractivity contribution in [3.8, 4) is 34.9 Å². The normalized spacial score (nSPS) is 16.0. The van der Waals surface area contributed by atoms with Crippen molar-refractivity contribution in [1.82, 2.24) is 29.7 Å². The summed E-state index contributed by atoms with van der Waals surface area (Å²) in [5.41, 5.74) is -0.00994. The molecule has 0 radical (unpaired) electrons. The fraction of sp³-hybridized carbons (Fsp3) is 0.333. The highest BCUT2D eigenvalue weighted by Gasteiger charge is 2.47. The van der Waals surface area contributed by atoms with Gasteiger partial charge in [0.2, 0.25) is 17.7 Å². The molecular weight excluding hydrogens is 1310 g/mol. The Kier molecular flexibility index (Phi) is 19.1. The number of nitrogens with zero attached hydrogens (tertiary/aromatic N) is 6. The number of hydrogen-bond donors (Lipinski definition) is 3. The second-order valence-electron chi connectivity index (χ2n) is 21.2. The number of amides is 9. The lowest BCUT2D eigenvalue weighted by molar-refractivity contribution is -0.115. The van der Waals surface area contributed by atoms with Crippen LogP contribution in [0.3, 0.4) is 0 Å². The van der Waals surface area contributed by atoms with Crippen molar-refractivity contribution in [1.29, 1.82) is 0 Å². The van der Waals surface area contributed by atoms with Gasteiger partial charge in [-0.3, -0.25) is 57.9 Å². The van der Waals surface area contributed by atoms with E-state index in [0.717, 1.165) is 33.5 Å². The van der Waals surface area contributed by atoms with Gasteiger partial charge in [0.15, 0.2) is 17.2 Å². The van der Waals surface area contributed by atoms with Crippen molar-refractivity contribution in [3.05, 3.63) is 141 Å². The number of carbonyl (C=O) groups excluding carboxylic acids is 9. The fourth-order valence-corrected chi connectivity index (χ4v) is 12.9. The number of aromatic nitrogens is 3. The summed E-state index contributed by atoms with van der Waals surface area (Å²) in [7, 11) is -19.7. The molecule has 3 aromatic carbocycles. The molecule has 3 aliphatic rings. The van der Waals surface area contributed by atoms with Gasteiger partial charge in [-0.05, 0) is 93.6 Å². The lowest BCUT2D eigenvalue weighted by Crippen LogP contribution is -2.38. The van der Waals surface area contributed by atoms with Crippen molar-refractivity contribution in [2.75, 3.05) is 92.9 Å². The van der Waals surface area contributed by atoms with Gasteiger partial charge >= 0.3 is 0 Å². The molecule has 6 aromatic rings. The van der Waals surface area contributed by atoms with Crippen molar-refractivity contribution in [3.63, 3.8) is 0 Å². The standard InChI is InChI=1S/3C21H23N3O7S/c3*1-5-31-19-17(30-3)10-9-14(23-19)16(11-32(4,28)29)24-20(26)13-7-6-8-15(22-12(2)25)18(13)21(24)27/h3*6-10,16H,5,11H2,1-4H3,(H,22,25)/t2*16-;/m10./s1/i3*3D3. The highest BCUT2D eigenvalue weighted by molar-refractivity contribution is 7.91. The predicted molar refractivity (Wildman–Crippen MR) is 347 cm³/mol. The SMILES string of the molecule is [2H]C([2H])([2H])Oc1ccc(C(CS(C)(=O)=O)N2C(=O)c3cccc(NC(C)=O)c3C2=O)nc1OCC.[2H]C([2H])([2H])Oc1ccc([C@@H](CS(C)(=O)=O)N2C(=O)c3cccc(NC(C)=O)c3C2=O)nc1OCC.[2H]C([2H])([2H])Oc1ccc([C@H](CS(C)(=O)=O)N2C(=O)c3cccc(NC(C)=O)c3C2=O)nc1OCC. The van der Waals surface area contributed by atoms with Crippen molar-refractivity contribution >= 4 is 99.7 Å². The van der Waals surface area contributed by atoms with Crippen LogP contribution < -0.4 is 44.4 Å². The molecule has 1 unspecified atom stereocenters. The smallest absolute Gasteiger partial charge is 0.264 e. The van der Waals surface area contributed by atoms with E-state index in [9.17, 15) is 68.4 Å². The Balaban J connectivity index is 0.000000220. The molecule has 0 fully saturated rings. The first-order valence-electron chi connectivity index (χ1n) is 33.0. The molecule has 9 rings (SSSR count). The maximum Gasteiger partial charge on any atom is 0.264 e. The molecule has 0 bridgehead atoms. The van der Waals surface area contributed by atoms with E-state index in [0.29, 0.717) is 0 Å². The molecular formula is C63H69N9O21S3. The molecule has 9 amide bonds. The minimum atomic E-state index is -3.75. The first-order valence-corrected chi connectivity index (χ1v) is 34.7. The number of nitrogens with one attached hydrogen (secondary N) is 3. The summed E-state index contributed by atoms with van der Waals surface area (Å²) < 4.78 is 170. The summed E-state index contributed by atoms with van der Waals surface area (Å²) in [6.45, 7) is 8.83. The Morgan fingerprint density at radius 3 is 0.875 bits per heavy atom. The van der Waals surface area contributed by atoms with Crippen molar-refractivity contribution < 1.29 is 109 Å². The first-order chi connectivity index (χ1) is 48.6. The lowest BCUT2D eigenvalue weighted by Gasteiger charge is -2.26. The molecule has 510 valence electrons. The third-order valence-electron chi connectivity index (χ3n) is 13.8. The van der Waals surface area contributed by atoms with Gasteiger partial charge in [0.1, 0.15) is 29.5 Å². The van der Waals surface area contributed by atoms with E-state index >= 15 is 0 Å². The van der Waals surface area contributed by atoms with Crippen LogP contribution in [-0.4, -0.2) is 185 Å². The molecule has 3 atom stereocenters. The van der Waals surface area contributed by atoms with Gasteiger partial charge in [-0.25, -0.2) is 40.2 Å². The molecule has 6 heterocycles. The number of anilines is 3. The van der Waals surface area contributed by atoms with Gasteiger partial charge in [-0.15, -0.1) is 0 Å². The van der Waals surface area contributed by atoms with Gasteiger partial charge < -0.3 is 44.4 Å². The Hall–Kier alpha value is -10.4. The molecule has 0 saturated carbocycles. The van der Waals surface area contributed by atoms with E-state index < -0.39 is 139 Å². The van der Waals surface area contributed by atoms with E-state index in [1.54, 1.807) is 20.8 Å². The van der Waals surface area contributed by atoms with Crippen LogP contribution in [0.2, 0.25) is 0 Å². The highest BCUT2D eigenvalue weighted by Crippen LogP contribution is 2.41. The van der Waals surface area contributed by atoms with E-state index in [1.807, 2.05) is 0 Å². The average molecular weight is 1390 g/mol. The second kappa shape index (κ2) is 30.3. The highest BCUT2D eigenvalue weighted by atomic mass is 32.2. The van der Waals surface area contributed by atoms with Crippen LogP contribution in [0.1, 0.15) is 151 Å². The lowest BCUT2D eigenvalue weighted by atomic mass is 10.1. The number of fused-ring (bicyclic) bond motifs is 3. The summed E-state index contributed by atoms with van der Waals surface area (Å²) >= 11 is 0. The topological polar surface area (TPSA) is 396 Å². The second-order valence-corrected chi connectivity index (χ2v) is 27.8. The number of rotatable bonds is 24. The van der Waals surface area contributed by atoms with Crippen LogP contribution >= 0.6 is 0 Å². The molecule has 3 aliphatic heterocycles. The zero-order valence-corrected chi connectivity index (χ0v) is 55.1. The minimum absolute atomic E-state index is 0.00728. The minimum Gasteiger partial charge on any atom is -0.491 e. The number of ether oxygens (including phenoxy) is 6. The van der Waals surface area contributed by atoms with Gasteiger partial charge in [-0.1, -0.05) is 18.2 Å². The summed E-state index contributed by atoms with van der Waals surface area (Å²) in [6, 6.07) is 16.3. The maximum absolute atomic E-state index is 13.4. The van der Waals surface area contributed by atoms with Crippen LogP contribution in [0.4, 0.5) is 17.1 Å². The molecule has 33 heteroatoms. The number of imide groups is 3. The molecule has 0 spiro atoms. The van der Waals surface area contributed by atoms with Crippen molar-refractivity contribution in [2.45, 2.75) is 59.7 Å². The quantitative estimate of drug-likeness (QED) is 0.0631. The van der Waals surface area contributed by atoms with Crippen LogP contribution in [0, 0.1) is 0 Å². The predicted octanol–water partition coefficient (Wildman–Crippen LogP) is 5.49. The molecule has 0 saturated heterocycles. The number of carbonyl (C=O) groups is 9. The van der Waals surface area contributed by atoms with Gasteiger partial charge in [0, 0.05) is 39.5 Å². The zero-order valence-electron chi connectivity index (χ0n) is 61.6. The number of benzene rings is 3. The number of methoxy groups -OCH3 is 3. The molecule has 3 N–H and O–H groups in total. The largest absolute Gasteiger partial charge is 0.491 e. The Bertz CT molecular complexity index is 4360. The summed E-state index contributed by atoms with van der Waals surface area (Å²) in [6.07, 6.45) is 2.82. The first kappa shape index (κ1) is 60.5. The van der Waals surface area contributed by atoms with E-state index in [-0.39, 0.29) is 122 Å². The third-order valence-corrected chi connectivity index (χ3v) is 16.6. The third kappa shape index (κ3) is 16.7. The fourth-order valence-electron chi connectivity index (χ4n) is 10.2. The van der Waals surface area contributed by atoms with Gasteiger partial charge in [-0.2, -0.15) is 0 Å². The summed E-state index contributed by atoms with van der Waals surface area (Å²) in [5.74, 6) is -9.49. The monoisotopic (exact) mass is 1390 g/mol. The average Bonchev–Trinajstić information content (AvgIpc) is 1.60. The van der Waals surface area contributed by atoms with E-state index in [4.69, 9.17) is 40.8 Å². The van der Waals surface area contributed by atoms with E-state index in [1.165, 1.54) is 112 Å². The summed E-state index contributed by atoms with van der Waals surface area (Å²) in [5, 5.41) is 7.49. The van der Waals surface area contributed by atoms with Crippen LogP contribution in [-0.2, 0) is 43.9 Å². The molecule has 96 heavy (non-hydrogen) atoms. The zero-order chi connectivity index (χ0) is 78.4. The van der Waals surface area contributed by atoms with Crippen molar-refractivity contribution in [2.24, 2.45) is 0 Å². The number of hydrogen-bond acceptors (Lipinski definition) is 24. The van der Waals surface area contributed by atoms with Gasteiger partial charge in [0.05, 0.1) is 156 Å². The van der Waals surface area contributed by atoms with Gasteiger partial charge in [0.25, 0.3) is 53.1 Å². The molecule has 3 aromatic heterocycles. The number of sulfone groups is 3. The van der Waals surface area contributed by atoms with Crippen LogP contribution in [0.25, 0.3) is 0 Å². The molecule has 30 nitrogen and oxygen atoms in total. The van der Waals surface area contributed by atoms with E-state index in [2.05, 4.69) is 30.9 Å². The van der Waals surface area contributed by atoms with Crippen LogP contribution in [0.5, 0.6) is 34.9 Å². The maximum atomic E-state index is 13.4. The molecule has 0 aliphatic carbocycles. The Morgan fingerprint density at radius 1 is 0.417 bits per heavy atom. The Morgan fingerprint density at radius 2 is 0.667 bits per heavy atom. The Labute approximate surface area is 565 Å². The number of pyridine rings is 3.